The molecule has 0 atom stereocenters. The molecule has 148 valence electrons. The van der Waals surface area contributed by atoms with Gasteiger partial charge in [0.15, 0.2) is 9.84 Å². The number of hydrogen-bond acceptors (Lipinski definition) is 5. The van der Waals surface area contributed by atoms with Gasteiger partial charge in [-0.25, -0.2) is 8.42 Å². The zero-order chi connectivity index (χ0) is 20.7. The maximum Gasteiger partial charge on any atom is 0.417 e. The first-order valence-corrected chi connectivity index (χ1v) is 10.1. The third kappa shape index (κ3) is 4.28. The number of nitrogens with two attached hydrogens (primary N) is 1. The van der Waals surface area contributed by atoms with Crippen molar-refractivity contribution in [2.45, 2.75) is 17.5 Å². The monoisotopic (exact) mass is 430 g/mol. The van der Waals surface area contributed by atoms with Gasteiger partial charge in [0.25, 0.3) is 0 Å². The summed E-state index contributed by atoms with van der Waals surface area (Å²) in [7, 11) is -3.60. The van der Waals surface area contributed by atoms with Crippen LogP contribution in [0.4, 0.5) is 19.1 Å². The maximum absolute atomic E-state index is 13.7. The minimum absolute atomic E-state index is 0.0106. The number of nitrogen functional groups attached to an aromatic ring is 1. The van der Waals surface area contributed by atoms with E-state index < -0.39 is 21.6 Å². The van der Waals surface area contributed by atoms with Gasteiger partial charge in [-0.05, 0) is 35.4 Å². The quantitative estimate of drug-likeness (QED) is 0.656. The van der Waals surface area contributed by atoms with Crippen LogP contribution in [0.1, 0.15) is 17.0 Å². The number of anilines is 1. The van der Waals surface area contributed by atoms with Gasteiger partial charge in [-0.1, -0.05) is 23.7 Å². The van der Waals surface area contributed by atoms with Gasteiger partial charge in [-0.2, -0.15) is 18.2 Å². The summed E-state index contributed by atoms with van der Waals surface area (Å²) in [5.74, 6) is 0.264. The second-order valence-corrected chi connectivity index (χ2v) is 8.54. The number of hydrogen-bond donors (Lipinski definition) is 2. The molecule has 0 aliphatic heterocycles. The van der Waals surface area contributed by atoms with Crippen molar-refractivity contribution in [1.29, 1.82) is 0 Å². The van der Waals surface area contributed by atoms with Crippen LogP contribution in [0.2, 0.25) is 5.02 Å². The summed E-state index contributed by atoms with van der Waals surface area (Å²) in [6.07, 6.45) is -3.72. The second-order valence-electron chi connectivity index (χ2n) is 6.12. The van der Waals surface area contributed by atoms with Crippen molar-refractivity contribution in [2.75, 3.05) is 12.0 Å². The summed E-state index contributed by atoms with van der Waals surface area (Å²) in [4.78, 5) is 3.77. The molecule has 28 heavy (non-hydrogen) atoms. The normalized spacial score (nSPS) is 12.3. The van der Waals surface area contributed by atoms with E-state index in [0.717, 1.165) is 12.3 Å². The van der Waals surface area contributed by atoms with E-state index >= 15 is 0 Å². The molecular formula is C17H14ClF3N4O2S. The number of aromatic amines is 1. The average molecular weight is 431 g/mol. The zero-order valence-corrected chi connectivity index (χ0v) is 16.0. The molecule has 0 aliphatic rings. The fraction of sp³-hybridized carbons (Fsp3) is 0.176. The van der Waals surface area contributed by atoms with E-state index in [-0.39, 0.29) is 44.8 Å². The lowest BCUT2D eigenvalue weighted by molar-refractivity contribution is -0.137. The fourth-order valence-corrected chi connectivity index (χ4v) is 3.76. The van der Waals surface area contributed by atoms with E-state index in [4.69, 9.17) is 17.3 Å². The van der Waals surface area contributed by atoms with E-state index in [1.165, 1.54) is 30.3 Å². The Morgan fingerprint density at radius 3 is 2.50 bits per heavy atom. The van der Waals surface area contributed by atoms with Crippen molar-refractivity contribution < 1.29 is 21.6 Å². The molecule has 3 aromatic rings. The van der Waals surface area contributed by atoms with E-state index in [2.05, 4.69) is 15.2 Å². The molecule has 11 heteroatoms. The molecule has 0 spiro atoms. The van der Waals surface area contributed by atoms with Crippen LogP contribution in [0.3, 0.4) is 0 Å². The Bertz CT molecular complexity index is 1140. The Kier molecular flexibility index (Phi) is 5.11. The summed E-state index contributed by atoms with van der Waals surface area (Å²) >= 11 is 6.19. The Hall–Kier alpha value is -2.59. The number of aromatic nitrogens is 3. The van der Waals surface area contributed by atoms with Crippen molar-refractivity contribution >= 4 is 27.4 Å². The molecule has 3 rings (SSSR count). The van der Waals surface area contributed by atoms with Crippen LogP contribution >= 0.6 is 11.6 Å². The first-order valence-electron chi connectivity index (χ1n) is 7.82. The minimum Gasteiger partial charge on any atom is -0.367 e. The summed E-state index contributed by atoms with van der Waals surface area (Å²) in [5.41, 5.74) is 4.43. The topological polar surface area (TPSA) is 102 Å². The predicted molar refractivity (Wildman–Crippen MR) is 98.6 cm³/mol. The van der Waals surface area contributed by atoms with Gasteiger partial charge in [-0.15, -0.1) is 5.10 Å². The SMILES string of the molecule is CS(=O)(=O)c1cccc(-c2c(Cl)cc(Cc3nc(N)n[nH]3)cc2C(F)(F)F)c1. The van der Waals surface area contributed by atoms with Gasteiger partial charge in [0, 0.05) is 23.3 Å². The van der Waals surface area contributed by atoms with Gasteiger partial charge in [0.05, 0.1) is 10.5 Å². The Morgan fingerprint density at radius 1 is 1.21 bits per heavy atom. The van der Waals surface area contributed by atoms with Crippen LogP contribution in [0.15, 0.2) is 41.3 Å². The number of alkyl halides is 3. The largest absolute Gasteiger partial charge is 0.417 e. The summed E-state index contributed by atoms with van der Waals surface area (Å²) in [6, 6.07) is 7.55. The molecule has 6 nitrogen and oxygen atoms in total. The molecule has 0 bridgehead atoms. The maximum atomic E-state index is 13.7. The summed E-state index contributed by atoms with van der Waals surface area (Å²) in [5, 5.41) is 5.99. The van der Waals surface area contributed by atoms with E-state index in [9.17, 15) is 21.6 Å². The zero-order valence-electron chi connectivity index (χ0n) is 14.4. The molecule has 0 radical (unpaired) electrons. The lowest BCUT2D eigenvalue weighted by atomic mass is 9.96. The Morgan fingerprint density at radius 2 is 1.93 bits per heavy atom. The highest BCUT2D eigenvalue weighted by Gasteiger charge is 2.35. The van der Waals surface area contributed by atoms with Crippen LogP contribution in [-0.2, 0) is 22.4 Å². The van der Waals surface area contributed by atoms with Crippen molar-refractivity contribution in [1.82, 2.24) is 15.2 Å². The van der Waals surface area contributed by atoms with Crippen molar-refractivity contribution in [3.63, 3.8) is 0 Å². The molecule has 0 fully saturated rings. The Balaban J connectivity index is 2.16. The third-order valence-electron chi connectivity index (χ3n) is 3.93. The van der Waals surface area contributed by atoms with Crippen molar-refractivity contribution in [3.8, 4) is 11.1 Å². The fourth-order valence-electron chi connectivity index (χ4n) is 2.75. The smallest absolute Gasteiger partial charge is 0.367 e. The molecular weight excluding hydrogens is 417 g/mol. The van der Waals surface area contributed by atoms with E-state index in [0.29, 0.717) is 0 Å². The van der Waals surface area contributed by atoms with E-state index in [1.54, 1.807) is 0 Å². The van der Waals surface area contributed by atoms with Crippen LogP contribution in [0, 0.1) is 0 Å². The minimum atomic E-state index is -4.71. The Labute approximate surface area is 163 Å². The van der Waals surface area contributed by atoms with Gasteiger partial charge in [0.1, 0.15) is 5.82 Å². The van der Waals surface area contributed by atoms with Crippen LogP contribution in [0.5, 0.6) is 0 Å². The standard InChI is InChI=1S/C17H14ClF3N4O2S/c1-28(26,27)11-4-2-3-10(8-11)15-12(17(19,20)21)5-9(6-13(15)18)7-14-23-16(22)25-24-14/h2-6,8H,7H2,1H3,(H3,22,23,24,25). The number of benzene rings is 2. The lowest BCUT2D eigenvalue weighted by Crippen LogP contribution is -2.09. The van der Waals surface area contributed by atoms with Crippen LogP contribution in [-0.4, -0.2) is 29.9 Å². The van der Waals surface area contributed by atoms with Crippen molar-refractivity contribution in [3.05, 3.63) is 58.4 Å². The number of rotatable bonds is 4. The molecule has 0 aliphatic carbocycles. The molecule has 0 saturated carbocycles. The number of halogens is 4. The average Bonchev–Trinajstić information content (AvgIpc) is 2.97. The second kappa shape index (κ2) is 7.10. The lowest BCUT2D eigenvalue weighted by Gasteiger charge is -2.17. The molecule has 0 unspecified atom stereocenters. The van der Waals surface area contributed by atoms with Crippen LogP contribution in [0.25, 0.3) is 11.1 Å². The number of H-pyrrole nitrogens is 1. The van der Waals surface area contributed by atoms with Crippen LogP contribution < -0.4 is 5.73 Å². The van der Waals surface area contributed by atoms with Gasteiger partial charge in [-0.3, -0.25) is 5.10 Å². The molecule has 1 heterocycles. The molecule has 0 saturated heterocycles. The molecule has 1 aromatic heterocycles. The number of nitrogens with zero attached hydrogens (tertiary/aromatic N) is 2. The highest BCUT2D eigenvalue weighted by Crippen LogP contribution is 2.42. The predicted octanol–water partition coefficient (Wildman–Crippen LogP) is 3.72. The van der Waals surface area contributed by atoms with E-state index in [1.807, 2.05) is 0 Å². The third-order valence-corrected chi connectivity index (χ3v) is 5.34. The molecule has 2 aromatic carbocycles. The number of sulfone groups is 1. The molecule has 0 amide bonds. The highest BCUT2D eigenvalue weighted by atomic mass is 35.5. The highest BCUT2D eigenvalue weighted by molar-refractivity contribution is 7.90. The summed E-state index contributed by atoms with van der Waals surface area (Å²) in [6.45, 7) is 0. The van der Waals surface area contributed by atoms with Gasteiger partial charge < -0.3 is 5.73 Å². The van der Waals surface area contributed by atoms with Gasteiger partial charge >= 0.3 is 6.18 Å². The first-order chi connectivity index (χ1) is 12.9. The van der Waals surface area contributed by atoms with Gasteiger partial charge in [0.2, 0.25) is 5.95 Å². The first kappa shape index (κ1) is 20.2. The number of nitrogens with one attached hydrogen (secondary N) is 1. The summed E-state index contributed by atoms with van der Waals surface area (Å²) < 4.78 is 64.7. The molecule has 3 N–H and O–H groups in total. The van der Waals surface area contributed by atoms with Crippen molar-refractivity contribution in [2.24, 2.45) is 0 Å².